The number of hydrogen-bond donors (Lipinski definition) is 0. The van der Waals surface area contributed by atoms with Gasteiger partial charge in [-0.05, 0) is 12.8 Å². The molecule has 0 saturated carbocycles. The third-order valence-electron chi connectivity index (χ3n) is 7.62. The van der Waals surface area contributed by atoms with Crippen molar-refractivity contribution in [2.75, 3.05) is 0 Å². The van der Waals surface area contributed by atoms with Crippen molar-refractivity contribution in [3.05, 3.63) is 144 Å². The Morgan fingerprint density at radius 2 is 0.842 bits per heavy atom. The fraction of sp³-hybridized carbons (Fsp3) is 0.118. The van der Waals surface area contributed by atoms with Crippen LogP contribution in [-0.4, -0.2) is 8.07 Å². The average Bonchev–Trinajstić information content (AvgIpc) is 3.45. The summed E-state index contributed by atoms with van der Waals surface area (Å²) < 4.78 is 0. The molecular weight excluding hydrogens is 555 g/mol. The summed E-state index contributed by atoms with van der Waals surface area (Å²) in [5, 5.41) is 8.71. The molecule has 0 fully saturated rings. The minimum Gasteiger partial charge on any atom is -1.00 e. The molecule has 6 rings (SSSR count). The van der Waals surface area contributed by atoms with Crippen LogP contribution in [0, 0.1) is 0 Å². The zero-order valence-electron chi connectivity index (χ0n) is 21.7. The molecule has 0 radical (unpaired) electrons. The summed E-state index contributed by atoms with van der Waals surface area (Å²) in [5.41, 5.74) is 5.79. The molecule has 0 nitrogen and oxygen atoms in total. The Balaban J connectivity index is 0.00000133. The molecule has 0 spiro atoms. The van der Waals surface area contributed by atoms with Gasteiger partial charge in [0.15, 0.2) is 0 Å². The van der Waals surface area contributed by atoms with Crippen LogP contribution in [0.1, 0.15) is 22.3 Å². The predicted molar refractivity (Wildman–Crippen MR) is 154 cm³/mol. The van der Waals surface area contributed by atoms with Crippen LogP contribution in [-0.2, 0) is 34.6 Å². The topological polar surface area (TPSA) is 0 Å². The molecule has 0 heterocycles. The molecule has 0 saturated heterocycles. The van der Waals surface area contributed by atoms with E-state index >= 15 is 0 Å². The quantitative estimate of drug-likeness (QED) is 0.205. The summed E-state index contributed by atoms with van der Waals surface area (Å²) in [6, 6.07) is 44.8. The van der Waals surface area contributed by atoms with Crippen molar-refractivity contribution < 1.29 is 46.5 Å². The van der Waals surface area contributed by atoms with E-state index in [1.807, 2.05) is 0 Å². The summed E-state index contributed by atoms with van der Waals surface area (Å²) in [6.07, 6.45) is 1.96. The number of halogens is 2. The Morgan fingerprint density at radius 3 is 1.24 bits per heavy atom. The first kappa shape index (κ1) is 30.2. The van der Waals surface area contributed by atoms with Crippen LogP contribution in [0.25, 0.3) is 21.5 Å². The third-order valence-corrected chi connectivity index (χ3v) is 11.2. The molecule has 0 bridgehead atoms. The van der Waals surface area contributed by atoms with Gasteiger partial charge in [0.25, 0.3) is 0 Å². The van der Waals surface area contributed by atoms with E-state index in [9.17, 15) is 0 Å². The summed E-state index contributed by atoms with van der Waals surface area (Å²) in [6.45, 7) is 5.11. The standard InChI is InChI=1S/C34H30Si.2ClH.Ti/c1-35(2,33-23-27-17-9-11-19-29(27)31(33)21-25-13-5-3-6-14-25)34-24-28-18-10-12-20-30(28)32(34)22-26-15-7-4-8-16-26;;;/h3-20,23-24H,21-22H2,1-2H3;2*1H;/q-2;;;+4/p-2. The molecule has 0 atom stereocenters. The number of hydrogen-bond acceptors (Lipinski definition) is 0. The molecule has 0 aromatic heterocycles. The van der Waals surface area contributed by atoms with E-state index in [0.29, 0.717) is 0 Å². The van der Waals surface area contributed by atoms with Crippen LogP contribution < -0.4 is 35.2 Å². The maximum atomic E-state index is 2.55. The molecule has 188 valence electrons. The maximum absolute atomic E-state index is 2.55. The van der Waals surface area contributed by atoms with Crippen molar-refractivity contribution in [2.24, 2.45) is 0 Å². The third kappa shape index (κ3) is 5.64. The van der Waals surface area contributed by atoms with E-state index < -0.39 is 8.07 Å². The maximum Gasteiger partial charge on any atom is 4.00 e. The first-order valence-electron chi connectivity index (χ1n) is 12.5. The molecule has 6 aromatic rings. The summed E-state index contributed by atoms with van der Waals surface area (Å²) in [7, 11) is -2.02. The fourth-order valence-corrected chi connectivity index (χ4v) is 9.09. The van der Waals surface area contributed by atoms with Crippen LogP contribution in [0.2, 0.25) is 13.1 Å². The summed E-state index contributed by atoms with van der Waals surface area (Å²) in [5.74, 6) is 0. The molecule has 6 aromatic carbocycles. The van der Waals surface area contributed by atoms with Crippen molar-refractivity contribution >= 4 is 40.0 Å². The Kier molecular flexibility index (Phi) is 10.0. The monoisotopic (exact) mass is 584 g/mol. The fourth-order valence-electron chi connectivity index (χ4n) is 5.81. The number of benzene rings is 4. The van der Waals surface area contributed by atoms with Crippen molar-refractivity contribution in [3.63, 3.8) is 0 Å². The average molecular weight is 585 g/mol. The van der Waals surface area contributed by atoms with Crippen LogP contribution in [0.5, 0.6) is 0 Å². The van der Waals surface area contributed by atoms with Crippen LogP contribution in [0.15, 0.2) is 121 Å². The first-order valence-corrected chi connectivity index (χ1v) is 15.5. The second kappa shape index (κ2) is 12.6. The number of fused-ring (bicyclic) bond motifs is 2. The summed E-state index contributed by atoms with van der Waals surface area (Å²) >= 11 is 0. The second-order valence-corrected chi connectivity index (χ2v) is 14.5. The van der Waals surface area contributed by atoms with Gasteiger partial charge in [0.2, 0.25) is 0 Å². The van der Waals surface area contributed by atoms with Gasteiger partial charge in [-0.2, -0.15) is 10.8 Å². The van der Waals surface area contributed by atoms with Gasteiger partial charge in [-0.1, -0.05) is 97.0 Å². The molecule has 4 heteroatoms. The second-order valence-electron chi connectivity index (χ2n) is 10.2. The molecule has 0 aliphatic heterocycles. The molecule has 38 heavy (non-hydrogen) atoms. The van der Waals surface area contributed by atoms with Gasteiger partial charge >= 0.3 is 21.7 Å². The van der Waals surface area contributed by atoms with Gasteiger partial charge in [0.1, 0.15) is 0 Å². The van der Waals surface area contributed by atoms with Gasteiger partial charge in [0.05, 0.1) is 8.07 Å². The van der Waals surface area contributed by atoms with E-state index in [0.717, 1.165) is 12.8 Å². The molecular formula is C34H30Cl2SiTi. The minimum absolute atomic E-state index is 0. The van der Waals surface area contributed by atoms with Crippen LogP contribution in [0.3, 0.4) is 0 Å². The first-order chi connectivity index (χ1) is 17.1. The van der Waals surface area contributed by atoms with Crippen molar-refractivity contribution in [2.45, 2.75) is 25.9 Å². The smallest absolute Gasteiger partial charge is 1.00 e. The van der Waals surface area contributed by atoms with Gasteiger partial charge in [0, 0.05) is 0 Å². The van der Waals surface area contributed by atoms with Gasteiger partial charge in [-0.15, -0.1) is 80.8 Å². The van der Waals surface area contributed by atoms with Gasteiger partial charge in [-0.3, -0.25) is 0 Å². The SMILES string of the molecule is C[Si](C)(c1[cH-]c2ccccc2c1Cc1ccccc1)c1[cH-]c2ccccc2c1Cc1ccccc1.[Cl-].[Cl-].[Ti+4]. The van der Waals surface area contributed by atoms with Crippen LogP contribution >= 0.6 is 0 Å². The zero-order chi connectivity index (χ0) is 23.8. The Bertz CT molecular complexity index is 1490. The van der Waals surface area contributed by atoms with E-state index in [1.54, 1.807) is 10.4 Å². The van der Waals surface area contributed by atoms with Crippen molar-refractivity contribution in [3.8, 4) is 0 Å². The minimum atomic E-state index is -2.02. The molecule has 0 amide bonds. The Labute approximate surface area is 254 Å². The van der Waals surface area contributed by atoms with Crippen LogP contribution in [0.4, 0.5) is 0 Å². The zero-order valence-corrected chi connectivity index (χ0v) is 25.8. The van der Waals surface area contributed by atoms with Gasteiger partial charge in [-0.25, -0.2) is 0 Å². The Hall–Kier alpha value is -2.39. The largest absolute Gasteiger partial charge is 4.00 e. The van der Waals surface area contributed by atoms with E-state index in [-0.39, 0.29) is 46.5 Å². The molecule has 0 unspecified atom stereocenters. The molecule has 0 aliphatic rings. The normalized spacial score (nSPS) is 11.0. The molecule has 0 aliphatic carbocycles. The van der Waals surface area contributed by atoms with E-state index in [4.69, 9.17) is 0 Å². The van der Waals surface area contributed by atoms with Crippen molar-refractivity contribution in [1.82, 2.24) is 0 Å². The van der Waals surface area contributed by atoms with E-state index in [2.05, 4.69) is 134 Å². The number of rotatable bonds is 6. The van der Waals surface area contributed by atoms with Crippen molar-refractivity contribution in [1.29, 1.82) is 0 Å². The predicted octanol–water partition coefficient (Wildman–Crippen LogP) is 1.44. The summed E-state index contributed by atoms with van der Waals surface area (Å²) in [4.78, 5) is 0. The molecule has 0 N–H and O–H groups in total. The Morgan fingerprint density at radius 1 is 0.500 bits per heavy atom. The van der Waals surface area contributed by atoms with E-state index in [1.165, 1.54) is 43.8 Å². The van der Waals surface area contributed by atoms with Gasteiger partial charge < -0.3 is 24.8 Å².